The van der Waals surface area contributed by atoms with Gasteiger partial charge in [-0.1, -0.05) is 36.4 Å². The lowest BCUT2D eigenvalue weighted by molar-refractivity contribution is -0.149. The van der Waals surface area contributed by atoms with E-state index in [1.165, 1.54) is 12.1 Å². The number of ether oxygens (including phenoxy) is 2. The Morgan fingerprint density at radius 3 is 2.11 bits per heavy atom. The van der Waals surface area contributed by atoms with Crippen LogP contribution in [0.3, 0.4) is 0 Å². The van der Waals surface area contributed by atoms with Crippen molar-refractivity contribution in [2.45, 2.75) is 13.0 Å². The highest BCUT2D eigenvalue weighted by molar-refractivity contribution is 5.92. The van der Waals surface area contributed by atoms with E-state index in [2.05, 4.69) is 0 Å². The first-order chi connectivity index (χ1) is 12.9. The highest BCUT2D eigenvalue weighted by Gasteiger charge is 2.25. The SMILES string of the molecule is Cc1ccccc1C(=O)OC[C@@H](OC(=O)c1ccccc1)C(=O)O.O=CO. The van der Waals surface area contributed by atoms with E-state index in [0.29, 0.717) is 11.1 Å². The Bertz CT molecular complexity index is 785. The van der Waals surface area contributed by atoms with E-state index in [9.17, 15) is 14.4 Å². The molecule has 0 aliphatic carbocycles. The number of aliphatic carboxylic acids is 1. The van der Waals surface area contributed by atoms with E-state index >= 15 is 0 Å². The number of rotatable bonds is 6. The van der Waals surface area contributed by atoms with Crippen molar-refractivity contribution >= 4 is 24.4 Å². The lowest BCUT2D eigenvalue weighted by Crippen LogP contribution is -2.32. The van der Waals surface area contributed by atoms with Gasteiger partial charge < -0.3 is 19.7 Å². The second-order valence-electron chi connectivity index (χ2n) is 5.12. The van der Waals surface area contributed by atoms with Gasteiger partial charge in [-0.15, -0.1) is 0 Å². The van der Waals surface area contributed by atoms with Gasteiger partial charge in [-0.05, 0) is 30.7 Å². The lowest BCUT2D eigenvalue weighted by atomic mass is 10.1. The quantitative estimate of drug-likeness (QED) is 0.582. The molecule has 8 heteroatoms. The summed E-state index contributed by atoms with van der Waals surface area (Å²) in [6.07, 6.45) is -1.58. The molecule has 2 aromatic carbocycles. The minimum atomic E-state index is -1.58. The molecule has 0 heterocycles. The summed E-state index contributed by atoms with van der Waals surface area (Å²) in [5.74, 6) is -2.86. The van der Waals surface area contributed by atoms with Crippen LogP contribution in [0.15, 0.2) is 54.6 Å². The van der Waals surface area contributed by atoms with Gasteiger partial charge in [-0.25, -0.2) is 14.4 Å². The summed E-state index contributed by atoms with van der Waals surface area (Å²) in [6.45, 7) is 0.918. The summed E-state index contributed by atoms with van der Waals surface area (Å²) in [5.41, 5.74) is 1.25. The predicted molar refractivity (Wildman–Crippen MR) is 93.4 cm³/mol. The zero-order valence-electron chi connectivity index (χ0n) is 14.4. The second kappa shape index (κ2) is 11.0. The van der Waals surface area contributed by atoms with Crippen LogP contribution in [-0.2, 0) is 19.1 Å². The largest absolute Gasteiger partial charge is 0.483 e. The molecule has 1 atom stereocenters. The fourth-order valence-electron chi connectivity index (χ4n) is 1.96. The van der Waals surface area contributed by atoms with Crippen molar-refractivity contribution in [2.24, 2.45) is 0 Å². The number of carbonyl (C=O) groups is 4. The summed E-state index contributed by atoms with van der Waals surface area (Å²) in [5, 5.41) is 16.0. The van der Waals surface area contributed by atoms with Crippen LogP contribution in [0.2, 0.25) is 0 Å². The average molecular weight is 374 g/mol. The molecule has 27 heavy (non-hydrogen) atoms. The van der Waals surface area contributed by atoms with Crippen LogP contribution < -0.4 is 0 Å². The van der Waals surface area contributed by atoms with Gasteiger partial charge in [-0.2, -0.15) is 0 Å². The molecule has 0 bridgehead atoms. The minimum absolute atomic E-state index is 0.217. The zero-order valence-corrected chi connectivity index (χ0v) is 14.4. The minimum Gasteiger partial charge on any atom is -0.483 e. The van der Waals surface area contributed by atoms with E-state index in [0.717, 1.165) is 0 Å². The van der Waals surface area contributed by atoms with Crippen LogP contribution in [0, 0.1) is 6.92 Å². The molecule has 0 fully saturated rings. The summed E-state index contributed by atoms with van der Waals surface area (Å²) >= 11 is 0. The smallest absolute Gasteiger partial charge is 0.348 e. The zero-order chi connectivity index (χ0) is 20.2. The maximum atomic E-state index is 12.0. The normalized spacial score (nSPS) is 10.6. The Morgan fingerprint density at radius 1 is 1.00 bits per heavy atom. The van der Waals surface area contributed by atoms with E-state index < -0.39 is 30.6 Å². The molecule has 0 aliphatic rings. The number of esters is 2. The van der Waals surface area contributed by atoms with Crippen molar-refractivity contribution in [2.75, 3.05) is 6.61 Å². The van der Waals surface area contributed by atoms with Crippen LogP contribution in [0.1, 0.15) is 26.3 Å². The number of benzene rings is 2. The van der Waals surface area contributed by atoms with Crippen molar-refractivity contribution < 1.29 is 38.9 Å². The summed E-state index contributed by atoms with van der Waals surface area (Å²) in [4.78, 5) is 43.5. The highest BCUT2D eigenvalue weighted by Crippen LogP contribution is 2.10. The van der Waals surface area contributed by atoms with Gasteiger partial charge in [0.2, 0.25) is 6.10 Å². The second-order valence-corrected chi connectivity index (χ2v) is 5.12. The number of carbonyl (C=O) groups excluding carboxylic acids is 2. The molecule has 0 saturated heterocycles. The van der Waals surface area contributed by atoms with Gasteiger partial charge in [0, 0.05) is 0 Å². The Kier molecular flexibility index (Phi) is 8.73. The molecule has 0 aliphatic heterocycles. The maximum Gasteiger partial charge on any atom is 0.348 e. The Morgan fingerprint density at radius 2 is 1.56 bits per heavy atom. The molecule has 0 amide bonds. The van der Waals surface area contributed by atoms with Crippen LogP contribution in [0.25, 0.3) is 0 Å². The van der Waals surface area contributed by atoms with E-state index in [1.54, 1.807) is 49.4 Å². The highest BCUT2D eigenvalue weighted by atomic mass is 16.6. The topological polar surface area (TPSA) is 127 Å². The number of hydrogen-bond donors (Lipinski definition) is 2. The van der Waals surface area contributed by atoms with Crippen LogP contribution in [-0.4, -0.2) is 47.3 Å². The molecular formula is C19H18O8. The number of carboxylic acid groups (broad SMARTS) is 2. The van der Waals surface area contributed by atoms with Gasteiger partial charge in [0.05, 0.1) is 11.1 Å². The van der Waals surface area contributed by atoms with E-state index in [-0.39, 0.29) is 12.0 Å². The predicted octanol–water partition coefficient (Wildman–Crippen LogP) is 2.16. The van der Waals surface area contributed by atoms with E-state index in [4.69, 9.17) is 24.5 Å². The number of carboxylic acids is 1. The molecule has 0 radical (unpaired) electrons. The van der Waals surface area contributed by atoms with Crippen molar-refractivity contribution in [3.8, 4) is 0 Å². The molecular weight excluding hydrogens is 356 g/mol. The van der Waals surface area contributed by atoms with Gasteiger partial charge in [0.15, 0.2) is 0 Å². The molecule has 2 aromatic rings. The molecule has 2 N–H and O–H groups in total. The molecule has 0 spiro atoms. The van der Waals surface area contributed by atoms with Gasteiger partial charge in [0.25, 0.3) is 6.47 Å². The molecule has 142 valence electrons. The van der Waals surface area contributed by atoms with Crippen molar-refractivity contribution in [3.63, 3.8) is 0 Å². The monoisotopic (exact) mass is 374 g/mol. The summed E-state index contributed by atoms with van der Waals surface area (Å²) in [7, 11) is 0. The number of hydrogen-bond acceptors (Lipinski definition) is 6. The third kappa shape index (κ3) is 6.99. The molecule has 0 aromatic heterocycles. The summed E-state index contributed by atoms with van der Waals surface area (Å²) in [6, 6.07) is 14.7. The lowest BCUT2D eigenvalue weighted by Gasteiger charge is -2.14. The maximum absolute atomic E-state index is 12.0. The molecule has 0 saturated carbocycles. The van der Waals surface area contributed by atoms with Crippen molar-refractivity contribution in [3.05, 3.63) is 71.3 Å². The van der Waals surface area contributed by atoms with Crippen molar-refractivity contribution in [1.82, 2.24) is 0 Å². The first-order valence-electron chi connectivity index (χ1n) is 7.70. The van der Waals surface area contributed by atoms with Crippen molar-refractivity contribution in [1.29, 1.82) is 0 Å². The van der Waals surface area contributed by atoms with Crippen LogP contribution in [0.4, 0.5) is 0 Å². The third-order valence-electron chi connectivity index (χ3n) is 3.27. The first kappa shape index (κ1) is 21.4. The van der Waals surface area contributed by atoms with Crippen LogP contribution >= 0.6 is 0 Å². The standard InChI is InChI=1S/C18H16O6.CH2O2/c1-12-7-5-6-10-14(12)18(22)23-11-15(16(19)20)24-17(21)13-8-3-2-4-9-13;2-1-3/h2-10,15H,11H2,1H3,(H,19,20);1H,(H,2,3)/t15-;/m1./s1. The molecule has 2 rings (SSSR count). The summed E-state index contributed by atoms with van der Waals surface area (Å²) < 4.78 is 9.87. The van der Waals surface area contributed by atoms with Gasteiger partial charge in [0.1, 0.15) is 6.61 Å². The van der Waals surface area contributed by atoms with Crippen LogP contribution in [0.5, 0.6) is 0 Å². The molecule has 8 nitrogen and oxygen atoms in total. The third-order valence-corrected chi connectivity index (χ3v) is 3.27. The van der Waals surface area contributed by atoms with E-state index in [1.807, 2.05) is 0 Å². The Hall–Kier alpha value is -3.68. The van der Waals surface area contributed by atoms with Gasteiger partial charge >= 0.3 is 17.9 Å². The first-order valence-corrected chi connectivity index (χ1v) is 7.70. The van der Waals surface area contributed by atoms with Gasteiger partial charge in [-0.3, -0.25) is 4.79 Å². The average Bonchev–Trinajstić information content (AvgIpc) is 2.66. The number of aryl methyl sites for hydroxylation is 1. The fourth-order valence-corrected chi connectivity index (χ4v) is 1.96. The Balaban J connectivity index is 0.00000114. The fraction of sp³-hybridized carbons (Fsp3) is 0.158. The molecule has 0 unspecified atom stereocenters. The Labute approximate surface area is 155 Å².